The van der Waals surface area contributed by atoms with Crippen molar-refractivity contribution in [2.45, 2.75) is 20.3 Å². The average Bonchev–Trinajstić information content (AvgIpc) is 3.21. The van der Waals surface area contributed by atoms with Crippen LogP contribution >= 0.6 is 11.3 Å². The van der Waals surface area contributed by atoms with Gasteiger partial charge in [-0.3, -0.25) is 9.59 Å². The van der Waals surface area contributed by atoms with E-state index < -0.39 is 11.4 Å². The van der Waals surface area contributed by atoms with Crippen LogP contribution in [0.4, 0.5) is 10.8 Å². The lowest BCUT2D eigenvalue weighted by molar-refractivity contribution is -0.150. The van der Waals surface area contributed by atoms with E-state index in [1.165, 1.54) is 7.11 Å². The molecule has 0 bridgehead atoms. The summed E-state index contributed by atoms with van der Waals surface area (Å²) in [4.78, 5) is 37.8. The van der Waals surface area contributed by atoms with Gasteiger partial charge in [0.1, 0.15) is 0 Å². The smallest absolute Gasteiger partial charge is 0.311 e. The zero-order valence-electron chi connectivity index (χ0n) is 18.0. The van der Waals surface area contributed by atoms with E-state index in [0.717, 1.165) is 26.6 Å². The van der Waals surface area contributed by atoms with Gasteiger partial charge in [-0.05, 0) is 26.0 Å². The Morgan fingerprint density at radius 1 is 1.03 bits per heavy atom. The normalized spacial score (nSPS) is 11.3. The van der Waals surface area contributed by atoms with E-state index in [-0.39, 0.29) is 12.2 Å². The first-order valence-electron chi connectivity index (χ1n) is 10.0. The monoisotopic (exact) mass is 446 g/mol. The maximum absolute atomic E-state index is 12.6. The van der Waals surface area contributed by atoms with Crippen molar-refractivity contribution in [3.63, 3.8) is 0 Å². The van der Waals surface area contributed by atoms with E-state index in [0.29, 0.717) is 11.4 Å². The number of hydrogen-bond donors (Lipinski definition) is 1. The molecule has 0 aliphatic rings. The van der Waals surface area contributed by atoms with Gasteiger partial charge in [-0.2, -0.15) is 0 Å². The van der Waals surface area contributed by atoms with Crippen LogP contribution in [0.2, 0.25) is 0 Å². The van der Waals surface area contributed by atoms with Crippen LogP contribution in [0.15, 0.2) is 60.9 Å². The van der Waals surface area contributed by atoms with Crippen molar-refractivity contribution in [3.8, 4) is 11.4 Å². The highest BCUT2D eigenvalue weighted by Gasteiger charge is 2.31. The van der Waals surface area contributed by atoms with Gasteiger partial charge in [0.2, 0.25) is 0 Å². The standard InChI is InChI=1S/C24H22N4O3S/c1-24(2,22(30)31-3)12-19(29)15-8-10-16(11-9-15)21-25-13-17(14-26-21)27-23-28-18-6-4-5-7-20(18)32-23/h4-11,13-14H,12H2,1-3H3,(H,27,28). The summed E-state index contributed by atoms with van der Waals surface area (Å²) in [5.41, 5.74) is 2.13. The van der Waals surface area contributed by atoms with Crippen LogP contribution in [0.25, 0.3) is 21.6 Å². The molecule has 0 aliphatic carbocycles. The van der Waals surface area contributed by atoms with Crippen LogP contribution < -0.4 is 5.32 Å². The number of Topliss-reactive ketones (excluding diaryl/α,β-unsaturated/α-hetero) is 1. The van der Waals surface area contributed by atoms with E-state index in [1.54, 1.807) is 61.8 Å². The summed E-state index contributed by atoms with van der Waals surface area (Å²) in [5, 5.41) is 4.01. The number of ether oxygens (including phenoxy) is 1. The number of nitrogens with one attached hydrogen (secondary N) is 1. The van der Waals surface area contributed by atoms with Crippen LogP contribution in [-0.4, -0.2) is 33.8 Å². The summed E-state index contributed by atoms with van der Waals surface area (Å²) in [6, 6.07) is 15.0. The van der Waals surface area contributed by atoms with Crippen molar-refractivity contribution >= 4 is 44.1 Å². The minimum Gasteiger partial charge on any atom is -0.469 e. The molecule has 2 aromatic heterocycles. The van der Waals surface area contributed by atoms with Gasteiger partial charge < -0.3 is 10.1 Å². The molecule has 1 N–H and O–H groups in total. The Morgan fingerprint density at radius 3 is 2.38 bits per heavy atom. The number of nitrogens with zero attached hydrogens (tertiary/aromatic N) is 3. The van der Waals surface area contributed by atoms with E-state index in [4.69, 9.17) is 4.74 Å². The highest BCUT2D eigenvalue weighted by molar-refractivity contribution is 7.22. The summed E-state index contributed by atoms with van der Waals surface area (Å²) < 4.78 is 5.88. The molecular formula is C24H22N4O3S. The molecule has 0 atom stereocenters. The lowest BCUT2D eigenvalue weighted by Gasteiger charge is -2.20. The Morgan fingerprint density at radius 2 is 1.72 bits per heavy atom. The molecule has 0 unspecified atom stereocenters. The largest absolute Gasteiger partial charge is 0.469 e. The molecule has 2 heterocycles. The molecule has 7 nitrogen and oxygen atoms in total. The number of anilines is 2. The minimum absolute atomic E-state index is 0.0711. The molecular weight excluding hydrogens is 424 g/mol. The van der Waals surface area contributed by atoms with E-state index in [1.807, 2.05) is 24.3 Å². The van der Waals surface area contributed by atoms with Crippen molar-refractivity contribution in [2.75, 3.05) is 12.4 Å². The van der Waals surface area contributed by atoms with E-state index >= 15 is 0 Å². The number of ketones is 1. The maximum Gasteiger partial charge on any atom is 0.311 e. The predicted octanol–water partition coefficient (Wildman–Crippen LogP) is 5.27. The maximum atomic E-state index is 12.6. The van der Waals surface area contributed by atoms with Crippen molar-refractivity contribution < 1.29 is 14.3 Å². The highest BCUT2D eigenvalue weighted by Crippen LogP contribution is 2.28. The molecule has 32 heavy (non-hydrogen) atoms. The number of benzene rings is 2. The molecule has 4 aromatic rings. The second-order valence-electron chi connectivity index (χ2n) is 7.96. The Bertz CT molecular complexity index is 1230. The molecule has 0 amide bonds. The topological polar surface area (TPSA) is 94.1 Å². The molecule has 2 aromatic carbocycles. The van der Waals surface area contributed by atoms with Crippen LogP contribution in [0.3, 0.4) is 0 Å². The van der Waals surface area contributed by atoms with Crippen LogP contribution in [0.5, 0.6) is 0 Å². The number of carbonyl (C=O) groups is 2. The zero-order chi connectivity index (χ0) is 22.7. The number of esters is 1. The third-order valence-corrected chi connectivity index (χ3v) is 5.95. The number of para-hydroxylation sites is 1. The van der Waals surface area contributed by atoms with E-state index in [2.05, 4.69) is 20.3 Å². The van der Waals surface area contributed by atoms with Crippen molar-refractivity contribution in [1.29, 1.82) is 0 Å². The van der Waals surface area contributed by atoms with Crippen molar-refractivity contribution in [3.05, 3.63) is 66.5 Å². The molecule has 8 heteroatoms. The number of hydrogen-bond acceptors (Lipinski definition) is 8. The van der Waals surface area contributed by atoms with Gasteiger partial charge >= 0.3 is 5.97 Å². The summed E-state index contributed by atoms with van der Waals surface area (Å²) in [6.45, 7) is 3.39. The number of carbonyl (C=O) groups excluding carboxylic acids is 2. The fraction of sp³-hybridized carbons (Fsp3) is 0.208. The lowest BCUT2D eigenvalue weighted by atomic mass is 9.85. The first-order chi connectivity index (χ1) is 15.4. The quantitative estimate of drug-likeness (QED) is 0.305. The van der Waals surface area contributed by atoms with Crippen LogP contribution in [0.1, 0.15) is 30.6 Å². The van der Waals surface area contributed by atoms with Crippen LogP contribution in [0, 0.1) is 5.41 Å². The molecule has 0 spiro atoms. The number of rotatable bonds is 7. The van der Waals surface area contributed by atoms with E-state index in [9.17, 15) is 9.59 Å². The summed E-state index contributed by atoms with van der Waals surface area (Å²) in [7, 11) is 1.32. The third-order valence-electron chi connectivity index (χ3n) is 5.00. The van der Waals surface area contributed by atoms with Gasteiger partial charge in [-0.1, -0.05) is 47.7 Å². The molecule has 162 valence electrons. The van der Waals surface area contributed by atoms with Gasteiger partial charge in [0.25, 0.3) is 0 Å². The summed E-state index contributed by atoms with van der Waals surface area (Å²) in [5.74, 6) is 0.0207. The van der Waals surface area contributed by atoms with Gasteiger partial charge in [-0.15, -0.1) is 0 Å². The van der Waals surface area contributed by atoms with Crippen molar-refractivity contribution in [1.82, 2.24) is 15.0 Å². The van der Waals surface area contributed by atoms with Gasteiger partial charge in [-0.25, -0.2) is 15.0 Å². The second kappa shape index (κ2) is 8.84. The molecule has 0 saturated heterocycles. The lowest BCUT2D eigenvalue weighted by Crippen LogP contribution is -2.28. The Hall–Kier alpha value is -3.65. The minimum atomic E-state index is -0.875. The van der Waals surface area contributed by atoms with Crippen molar-refractivity contribution in [2.24, 2.45) is 5.41 Å². The Kier molecular flexibility index (Phi) is 5.96. The summed E-state index contributed by atoms with van der Waals surface area (Å²) in [6.07, 6.45) is 3.47. The van der Waals surface area contributed by atoms with Gasteiger partial charge in [0.05, 0.1) is 40.8 Å². The molecule has 0 saturated carbocycles. The first kappa shape index (κ1) is 21.6. The number of thiazole rings is 1. The van der Waals surface area contributed by atoms with Crippen LogP contribution in [-0.2, 0) is 9.53 Å². The molecule has 4 rings (SSSR count). The zero-order valence-corrected chi connectivity index (χ0v) is 18.8. The molecule has 0 fully saturated rings. The fourth-order valence-corrected chi connectivity index (χ4v) is 4.13. The number of aromatic nitrogens is 3. The molecule has 0 radical (unpaired) electrons. The average molecular weight is 447 g/mol. The number of methoxy groups -OCH3 is 1. The number of fused-ring (bicyclic) bond motifs is 1. The highest BCUT2D eigenvalue weighted by atomic mass is 32.1. The second-order valence-corrected chi connectivity index (χ2v) is 8.99. The van der Waals surface area contributed by atoms with Gasteiger partial charge in [0.15, 0.2) is 16.7 Å². The third kappa shape index (κ3) is 4.65. The first-order valence-corrected chi connectivity index (χ1v) is 10.8. The molecule has 0 aliphatic heterocycles. The Balaban J connectivity index is 1.44. The predicted molar refractivity (Wildman–Crippen MR) is 125 cm³/mol. The SMILES string of the molecule is COC(=O)C(C)(C)CC(=O)c1ccc(-c2ncc(Nc3nc4ccccc4s3)cn2)cc1. The fourth-order valence-electron chi connectivity index (χ4n) is 3.25. The summed E-state index contributed by atoms with van der Waals surface area (Å²) >= 11 is 1.57. The van der Waals surface area contributed by atoms with Gasteiger partial charge in [0, 0.05) is 17.5 Å². The Labute approximate surface area is 189 Å².